The summed E-state index contributed by atoms with van der Waals surface area (Å²) in [6.07, 6.45) is -11.6. The second-order valence-electron chi connectivity index (χ2n) is 2.21. The smallest absolute Gasteiger partial charge is 0.411 e. The molecule has 0 aromatic carbocycles. The highest BCUT2D eigenvalue weighted by Crippen LogP contribution is 2.40. The molecule has 0 bridgehead atoms. The van der Waals surface area contributed by atoms with Gasteiger partial charge in [-0.15, -0.1) is 0 Å². The van der Waals surface area contributed by atoms with Crippen molar-refractivity contribution in [1.29, 1.82) is 0 Å². The highest BCUT2D eigenvalue weighted by atomic mass is 35.5. The van der Waals surface area contributed by atoms with Crippen molar-refractivity contribution in [3.63, 3.8) is 0 Å². The van der Waals surface area contributed by atoms with Crippen LogP contribution in [-0.4, -0.2) is 23.3 Å². The van der Waals surface area contributed by atoms with E-state index in [1.54, 1.807) is 0 Å². The fourth-order valence-corrected chi connectivity index (χ4v) is 0.784. The minimum absolute atomic E-state index is 2.09. The Labute approximate surface area is 89.1 Å². The van der Waals surface area contributed by atoms with Crippen molar-refractivity contribution < 1.29 is 35.9 Å². The lowest BCUT2D eigenvalue weighted by Gasteiger charge is -2.21. The molecule has 0 N–H and O–H groups in total. The number of rotatable bonds is 2. The van der Waals surface area contributed by atoms with Gasteiger partial charge in [-0.2, -0.15) is 26.3 Å². The predicted octanol–water partition coefficient (Wildman–Crippen LogP) is 3.03. The van der Waals surface area contributed by atoms with Crippen molar-refractivity contribution in [3.8, 4) is 0 Å². The summed E-state index contributed by atoms with van der Waals surface area (Å²) in [7, 11) is 0. The minimum atomic E-state index is -5.81. The summed E-state index contributed by atoms with van der Waals surface area (Å²) in [4.78, 5) is 10.4. The van der Waals surface area contributed by atoms with Crippen molar-refractivity contribution in [2.75, 3.05) is 0 Å². The van der Waals surface area contributed by atoms with Crippen LogP contribution < -0.4 is 0 Å². The molecule has 0 heterocycles. The molecule has 10 heteroatoms. The third kappa shape index (κ3) is 4.78. The quantitative estimate of drug-likeness (QED) is 0.441. The van der Waals surface area contributed by atoms with Gasteiger partial charge in [0.05, 0.1) is 0 Å². The monoisotopic (exact) mass is 278 g/mol. The molecule has 0 spiro atoms. The molecule has 90 valence electrons. The molecule has 0 radical (unpaired) electrons. The number of hydrogen-bond donors (Lipinski definition) is 0. The van der Waals surface area contributed by atoms with E-state index in [2.05, 4.69) is 4.74 Å². The Morgan fingerprint density at radius 2 is 1.33 bits per heavy atom. The summed E-state index contributed by atoms with van der Waals surface area (Å²) < 4.78 is 74.3. The van der Waals surface area contributed by atoms with Gasteiger partial charge in [0.25, 0.3) is 5.02 Å². The van der Waals surface area contributed by atoms with Gasteiger partial charge in [-0.05, 0) is 0 Å². The van der Waals surface area contributed by atoms with Crippen LogP contribution in [-0.2, 0) is 9.53 Å². The Morgan fingerprint density at radius 1 is 1.00 bits per heavy atom. The van der Waals surface area contributed by atoms with Crippen LogP contribution >= 0.6 is 23.2 Å². The molecule has 0 fully saturated rings. The van der Waals surface area contributed by atoms with Crippen molar-refractivity contribution in [3.05, 3.63) is 0 Å². The molecule has 0 saturated carbocycles. The second-order valence-corrected chi connectivity index (χ2v) is 3.23. The molecule has 2 nitrogen and oxygen atoms in total. The summed E-state index contributed by atoms with van der Waals surface area (Å²) in [6, 6.07) is 0. The van der Waals surface area contributed by atoms with Crippen molar-refractivity contribution in [2.45, 2.75) is 17.4 Å². The van der Waals surface area contributed by atoms with Gasteiger partial charge >= 0.3 is 18.3 Å². The molecule has 0 atom stereocenters. The first-order valence-corrected chi connectivity index (χ1v) is 3.95. The summed E-state index contributed by atoms with van der Waals surface area (Å²) in [5.74, 6) is -6.84. The normalized spacial score (nSPS) is 13.5. The number of carbonyl (C=O) groups excluding carboxylic acids is 1. The lowest BCUT2D eigenvalue weighted by Crippen LogP contribution is -2.43. The van der Waals surface area contributed by atoms with Gasteiger partial charge in [0.2, 0.25) is 5.92 Å². The SMILES string of the molecule is O=C(OC(Cl)Cl)C(C(F)(F)F)C(F)(F)F. The lowest BCUT2D eigenvalue weighted by molar-refractivity contribution is -0.281. The topological polar surface area (TPSA) is 26.3 Å². The first-order chi connectivity index (χ1) is 6.46. The van der Waals surface area contributed by atoms with E-state index in [9.17, 15) is 31.1 Å². The van der Waals surface area contributed by atoms with Crippen molar-refractivity contribution in [1.82, 2.24) is 0 Å². The van der Waals surface area contributed by atoms with Crippen LogP contribution in [0.5, 0.6) is 0 Å². The van der Waals surface area contributed by atoms with E-state index < -0.39 is 29.3 Å². The maximum atomic E-state index is 11.8. The third-order valence-corrected chi connectivity index (χ3v) is 1.27. The average Bonchev–Trinajstić information content (AvgIpc) is 1.74. The highest BCUT2D eigenvalue weighted by molar-refractivity contribution is 6.43. The van der Waals surface area contributed by atoms with Crippen LogP contribution in [0.4, 0.5) is 26.3 Å². The van der Waals surface area contributed by atoms with Gasteiger partial charge in [-0.25, -0.2) is 0 Å². The van der Waals surface area contributed by atoms with Crippen molar-refractivity contribution in [2.24, 2.45) is 5.92 Å². The Kier molecular flexibility index (Phi) is 4.53. The Balaban J connectivity index is 4.90. The highest BCUT2D eigenvalue weighted by Gasteiger charge is 2.62. The predicted molar refractivity (Wildman–Crippen MR) is 37.2 cm³/mol. The van der Waals surface area contributed by atoms with Crippen LogP contribution in [0.1, 0.15) is 0 Å². The van der Waals surface area contributed by atoms with Crippen LogP contribution in [0, 0.1) is 5.92 Å². The van der Waals surface area contributed by atoms with E-state index in [4.69, 9.17) is 23.2 Å². The van der Waals surface area contributed by atoms with E-state index in [1.165, 1.54) is 0 Å². The summed E-state index contributed by atoms with van der Waals surface area (Å²) in [5.41, 5.74) is 0. The second kappa shape index (κ2) is 4.65. The van der Waals surface area contributed by atoms with Gasteiger partial charge in [0.15, 0.2) is 0 Å². The molecule has 0 aromatic rings. The lowest BCUT2D eigenvalue weighted by atomic mass is 10.1. The number of hydrogen-bond acceptors (Lipinski definition) is 2. The van der Waals surface area contributed by atoms with Gasteiger partial charge in [0, 0.05) is 0 Å². The van der Waals surface area contributed by atoms with Gasteiger partial charge in [0.1, 0.15) is 0 Å². The molecular formula is C5H2Cl2F6O2. The fourth-order valence-electron chi connectivity index (χ4n) is 0.609. The number of esters is 1. The summed E-state index contributed by atoms with van der Waals surface area (Å²) in [6.45, 7) is 0. The van der Waals surface area contributed by atoms with E-state index in [0.717, 1.165) is 0 Å². The summed E-state index contributed by atoms with van der Waals surface area (Å²) in [5, 5.41) is -2.09. The first kappa shape index (κ1) is 14.6. The van der Waals surface area contributed by atoms with E-state index in [0.29, 0.717) is 0 Å². The standard InChI is InChI=1S/C5H2Cl2F6O2/c6-3(7)15-2(14)1(4(8,9)10)5(11,12)13/h1,3H. The molecule has 0 rings (SSSR count). The Morgan fingerprint density at radius 3 is 1.53 bits per heavy atom. The van der Waals surface area contributed by atoms with Crippen LogP contribution in [0.2, 0.25) is 0 Å². The summed E-state index contributed by atoms with van der Waals surface area (Å²) >= 11 is 9.41. The molecular weight excluding hydrogens is 277 g/mol. The molecule has 0 aliphatic carbocycles. The Bertz CT molecular complexity index is 221. The van der Waals surface area contributed by atoms with Crippen LogP contribution in [0.25, 0.3) is 0 Å². The molecule has 0 unspecified atom stereocenters. The van der Waals surface area contributed by atoms with Gasteiger partial charge in [-0.3, -0.25) is 4.79 Å². The van der Waals surface area contributed by atoms with Crippen molar-refractivity contribution >= 4 is 29.2 Å². The van der Waals surface area contributed by atoms with Crippen LogP contribution in [0.3, 0.4) is 0 Å². The van der Waals surface area contributed by atoms with E-state index >= 15 is 0 Å². The van der Waals surface area contributed by atoms with E-state index in [-0.39, 0.29) is 0 Å². The zero-order chi connectivity index (χ0) is 12.4. The van der Waals surface area contributed by atoms with Crippen LogP contribution in [0.15, 0.2) is 0 Å². The molecule has 0 aliphatic rings. The van der Waals surface area contributed by atoms with Gasteiger partial charge in [-0.1, -0.05) is 23.2 Å². The molecule has 15 heavy (non-hydrogen) atoms. The number of ether oxygens (including phenoxy) is 1. The fraction of sp³-hybridized carbons (Fsp3) is 0.800. The molecule has 0 amide bonds. The third-order valence-electron chi connectivity index (χ3n) is 1.10. The molecule has 0 saturated heterocycles. The zero-order valence-electron chi connectivity index (χ0n) is 6.49. The molecule has 0 aliphatic heterocycles. The number of alkyl halides is 8. The first-order valence-electron chi connectivity index (χ1n) is 3.08. The Hall–Kier alpha value is -0.370. The van der Waals surface area contributed by atoms with Gasteiger partial charge < -0.3 is 4.74 Å². The maximum absolute atomic E-state index is 11.8. The van der Waals surface area contributed by atoms with E-state index in [1.807, 2.05) is 0 Å². The maximum Gasteiger partial charge on any atom is 0.411 e. The zero-order valence-corrected chi connectivity index (χ0v) is 8.01. The largest absolute Gasteiger partial charge is 0.431 e. The average molecular weight is 279 g/mol. The number of carbonyl (C=O) groups is 1. The molecule has 0 aromatic heterocycles. The minimum Gasteiger partial charge on any atom is -0.431 e. The number of halogens is 8.